The fourth-order valence-corrected chi connectivity index (χ4v) is 12.2. The number of para-hydroxylation sites is 2. The van der Waals surface area contributed by atoms with Gasteiger partial charge in [0.05, 0.1) is 11.0 Å². The second-order valence-corrected chi connectivity index (χ2v) is 20.2. The molecule has 0 radical (unpaired) electrons. The highest BCUT2D eigenvalue weighted by Crippen LogP contribution is 2.43. The molecule has 0 N–H and O–H groups in total. The highest BCUT2D eigenvalue weighted by molar-refractivity contribution is 7.26. The summed E-state index contributed by atoms with van der Waals surface area (Å²) in [6.45, 7) is 0. The minimum Gasteiger partial charge on any atom is -0.456 e. The number of hydrogen-bond donors (Lipinski definition) is 0. The number of hydrogen-bond acceptors (Lipinski definition) is 5. The first-order valence-electron chi connectivity index (χ1n) is 25.2. The Morgan fingerprint density at radius 3 is 1.59 bits per heavy atom. The minimum absolute atomic E-state index is 0.617. The highest BCUT2D eigenvalue weighted by Gasteiger charge is 2.20. The van der Waals surface area contributed by atoms with Crippen molar-refractivity contribution in [3.05, 3.63) is 255 Å². The van der Waals surface area contributed by atoms with E-state index in [1.165, 1.54) is 36.7 Å². The van der Waals surface area contributed by atoms with Crippen molar-refractivity contribution in [2.45, 2.75) is 0 Å². The van der Waals surface area contributed by atoms with Crippen LogP contribution < -0.4 is 0 Å². The van der Waals surface area contributed by atoms with E-state index in [9.17, 15) is 0 Å². The van der Waals surface area contributed by atoms with Crippen LogP contribution in [0.2, 0.25) is 0 Å². The van der Waals surface area contributed by atoms with Crippen molar-refractivity contribution in [3.63, 3.8) is 0 Å². The van der Waals surface area contributed by atoms with Crippen molar-refractivity contribution >= 4 is 75.3 Å². The number of rotatable bonds is 8. The van der Waals surface area contributed by atoms with Crippen LogP contribution in [-0.4, -0.2) is 19.5 Å². The van der Waals surface area contributed by atoms with E-state index >= 15 is 0 Å². The molecular formula is C69H42N4OS. The van der Waals surface area contributed by atoms with E-state index in [1.807, 2.05) is 30.3 Å². The predicted molar refractivity (Wildman–Crippen MR) is 312 cm³/mol. The van der Waals surface area contributed by atoms with Crippen molar-refractivity contribution in [1.29, 1.82) is 0 Å². The number of benzene rings is 11. The second-order valence-electron chi connectivity index (χ2n) is 19.1. The summed E-state index contributed by atoms with van der Waals surface area (Å²) in [7, 11) is 0. The van der Waals surface area contributed by atoms with Gasteiger partial charge in [-0.25, -0.2) is 15.0 Å². The monoisotopic (exact) mass is 974 g/mol. The Kier molecular flexibility index (Phi) is 10.00. The molecule has 0 fully saturated rings. The van der Waals surface area contributed by atoms with Gasteiger partial charge in [0.25, 0.3) is 0 Å². The van der Waals surface area contributed by atoms with Gasteiger partial charge < -0.3 is 8.98 Å². The van der Waals surface area contributed by atoms with Crippen molar-refractivity contribution in [2.24, 2.45) is 0 Å². The van der Waals surface area contributed by atoms with E-state index < -0.39 is 0 Å². The largest absolute Gasteiger partial charge is 0.456 e. The van der Waals surface area contributed by atoms with E-state index in [-0.39, 0.29) is 0 Å². The van der Waals surface area contributed by atoms with Gasteiger partial charge in [0.15, 0.2) is 17.5 Å². The molecule has 0 aliphatic heterocycles. The Bertz CT molecular complexity index is 4650. The molecule has 0 aliphatic carbocycles. The lowest BCUT2D eigenvalue weighted by atomic mass is 9.93. The molecule has 0 saturated heterocycles. The van der Waals surface area contributed by atoms with Gasteiger partial charge in [-0.15, -0.1) is 11.3 Å². The first kappa shape index (κ1) is 42.9. The summed E-state index contributed by atoms with van der Waals surface area (Å²) >= 11 is 1.80. The third kappa shape index (κ3) is 7.41. The molecule has 350 valence electrons. The normalized spacial score (nSPS) is 11.7. The smallest absolute Gasteiger partial charge is 0.164 e. The van der Waals surface area contributed by atoms with Gasteiger partial charge in [-0.1, -0.05) is 170 Å². The number of furan rings is 1. The molecule has 5 nitrogen and oxygen atoms in total. The molecule has 4 heterocycles. The Morgan fingerprint density at radius 1 is 0.293 bits per heavy atom. The number of nitrogens with zero attached hydrogens (tertiary/aromatic N) is 4. The zero-order valence-electron chi connectivity index (χ0n) is 40.4. The maximum atomic E-state index is 6.22. The summed E-state index contributed by atoms with van der Waals surface area (Å²) in [6.07, 6.45) is 0. The van der Waals surface area contributed by atoms with Crippen LogP contribution in [0, 0.1) is 0 Å². The lowest BCUT2D eigenvalue weighted by Crippen LogP contribution is -2.00. The van der Waals surface area contributed by atoms with Crippen molar-refractivity contribution < 1.29 is 4.42 Å². The summed E-state index contributed by atoms with van der Waals surface area (Å²) in [5, 5.41) is 6.94. The van der Waals surface area contributed by atoms with Gasteiger partial charge in [-0.3, -0.25) is 0 Å². The molecule has 11 aromatic carbocycles. The molecule has 15 aromatic rings. The molecule has 4 aromatic heterocycles. The SMILES string of the molecule is c1ccc(-c2cc(-c3ccccc3)cc(-c3cccc(-c4nc(-c5ccccc5)nc(-c5cccc6sc7ccc(-c8ccc9c(c8)c8ccccc8n9-c8ccc9oc%10ccccc%10c9c8)cc7c56)n4)c3)c2)cc1. The maximum absolute atomic E-state index is 6.22. The van der Waals surface area contributed by atoms with E-state index in [1.54, 1.807) is 11.3 Å². The number of fused-ring (bicyclic) bond motifs is 9. The van der Waals surface area contributed by atoms with Gasteiger partial charge in [-0.05, 0) is 129 Å². The van der Waals surface area contributed by atoms with Gasteiger partial charge in [0.1, 0.15) is 11.2 Å². The van der Waals surface area contributed by atoms with Crippen LogP contribution in [0.4, 0.5) is 0 Å². The number of aromatic nitrogens is 4. The average molecular weight is 975 g/mol. The minimum atomic E-state index is 0.617. The predicted octanol–water partition coefficient (Wildman–Crippen LogP) is 18.9. The van der Waals surface area contributed by atoms with Crippen LogP contribution in [0.5, 0.6) is 0 Å². The molecule has 0 atom stereocenters. The molecule has 0 aliphatic rings. The van der Waals surface area contributed by atoms with Crippen molar-refractivity contribution in [2.75, 3.05) is 0 Å². The summed E-state index contributed by atoms with van der Waals surface area (Å²) in [5.41, 5.74) is 17.2. The van der Waals surface area contributed by atoms with Crippen LogP contribution in [0.25, 0.3) is 148 Å². The van der Waals surface area contributed by atoms with Gasteiger partial charge in [0.2, 0.25) is 0 Å². The zero-order chi connectivity index (χ0) is 49.4. The third-order valence-corrected chi connectivity index (χ3v) is 15.8. The van der Waals surface area contributed by atoms with Crippen LogP contribution >= 0.6 is 11.3 Å². The van der Waals surface area contributed by atoms with Gasteiger partial charge >= 0.3 is 0 Å². The summed E-state index contributed by atoms with van der Waals surface area (Å²) in [5.74, 6) is 1.88. The fourth-order valence-electron chi connectivity index (χ4n) is 11.0. The third-order valence-electron chi connectivity index (χ3n) is 14.6. The molecular weight excluding hydrogens is 933 g/mol. The maximum Gasteiger partial charge on any atom is 0.164 e. The molecule has 0 bridgehead atoms. The average Bonchev–Trinajstić information content (AvgIpc) is 4.21. The van der Waals surface area contributed by atoms with Crippen molar-refractivity contribution in [3.8, 4) is 84.4 Å². The van der Waals surface area contributed by atoms with Crippen LogP contribution in [0.3, 0.4) is 0 Å². The second kappa shape index (κ2) is 17.5. The van der Waals surface area contributed by atoms with E-state index in [4.69, 9.17) is 19.4 Å². The molecule has 15 rings (SSSR count). The standard InChI is InChI=1S/C69H42N4OS/c1-4-16-43(17-5-1)50-37-51(44-18-6-2-7-19-44)39-52(38-50)46-22-14-23-49(36-46)68-70-67(45-20-8-3-9-21-45)71-69(72-68)56-26-15-29-65-66(56)59-41-48(31-35-64(59)75-65)47-30-33-61-57(40-47)54-24-10-12-27-60(54)73(61)53-32-34-63-58(42-53)55-25-11-13-28-62(55)74-63/h1-42H. The molecule has 0 unspecified atom stereocenters. The van der Waals surface area contributed by atoms with Crippen molar-refractivity contribution in [1.82, 2.24) is 19.5 Å². The highest BCUT2D eigenvalue weighted by atomic mass is 32.1. The number of thiophene rings is 1. The molecule has 0 amide bonds. The lowest BCUT2D eigenvalue weighted by molar-refractivity contribution is 0.669. The molecule has 6 heteroatoms. The fraction of sp³-hybridized carbons (Fsp3) is 0. The summed E-state index contributed by atoms with van der Waals surface area (Å²) in [6, 6.07) is 90.7. The summed E-state index contributed by atoms with van der Waals surface area (Å²) in [4.78, 5) is 15.9. The lowest BCUT2D eigenvalue weighted by Gasteiger charge is -2.13. The van der Waals surface area contributed by atoms with Crippen LogP contribution in [-0.2, 0) is 0 Å². The topological polar surface area (TPSA) is 56.7 Å². The van der Waals surface area contributed by atoms with E-state index in [2.05, 4.69) is 229 Å². The zero-order valence-corrected chi connectivity index (χ0v) is 41.2. The first-order chi connectivity index (χ1) is 37.1. The Balaban J connectivity index is 0.856. The Morgan fingerprint density at radius 2 is 0.827 bits per heavy atom. The van der Waals surface area contributed by atoms with Gasteiger partial charge in [0, 0.05) is 64.1 Å². The molecule has 0 spiro atoms. The van der Waals surface area contributed by atoms with E-state index in [0.717, 1.165) is 94.1 Å². The molecule has 0 saturated carbocycles. The van der Waals surface area contributed by atoms with E-state index in [0.29, 0.717) is 17.5 Å². The Hall–Kier alpha value is -9.75. The quantitative estimate of drug-likeness (QED) is 0.152. The summed E-state index contributed by atoms with van der Waals surface area (Å²) < 4.78 is 11.0. The van der Waals surface area contributed by atoms with Crippen LogP contribution in [0.15, 0.2) is 259 Å². The van der Waals surface area contributed by atoms with Crippen LogP contribution in [0.1, 0.15) is 0 Å². The Labute approximate surface area is 435 Å². The first-order valence-corrected chi connectivity index (χ1v) is 26.0. The molecule has 75 heavy (non-hydrogen) atoms. The van der Waals surface area contributed by atoms with Gasteiger partial charge in [-0.2, -0.15) is 0 Å².